The van der Waals surface area contributed by atoms with Crippen LogP contribution in [0.5, 0.6) is 0 Å². The lowest BCUT2D eigenvalue weighted by Gasteiger charge is -2.17. The Bertz CT molecular complexity index is 255. The van der Waals surface area contributed by atoms with Crippen LogP contribution in [0, 0.1) is 0 Å². The second kappa shape index (κ2) is 7.49. The molecule has 6 heteroatoms. The van der Waals surface area contributed by atoms with Crippen LogP contribution < -0.4 is 11.3 Å². The quantitative estimate of drug-likeness (QED) is 0.495. The van der Waals surface area contributed by atoms with E-state index >= 15 is 0 Å². The van der Waals surface area contributed by atoms with Gasteiger partial charge in [0, 0.05) is 23.3 Å². The van der Waals surface area contributed by atoms with Crippen LogP contribution in [0.1, 0.15) is 26.7 Å². The highest BCUT2D eigenvalue weighted by molar-refractivity contribution is 7.99. The van der Waals surface area contributed by atoms with Gasteiger partial charge in [-0.05, 0) is 12.8 Å². The molecule has 0 bridgehead atoms. The van der Waals surface area contributed by atoms with Crippen LogP contribution in [-0.4, -0.2) is 37.5 Å². The maximum absolute atomic E-state index is 11.0. The number of hydrazine groups is 1. The summed E-state index contributed by atoms with van der Waals surface area (Å²) in [5, 5.41) is 0.596. The zero-order valence-corrected chi connectivity index (χ0v) is 11.3. The van der Waals surface area contributed by atoms with E-state index in [1.165, 1.54) is 6.26 Å². The first-order valence-corrected chi connectivity index (χ1v) is 8.25. The number of hydrogen-bond donors (Lipinski definition) is 2. The number of nitrogens with one attached hydrogen (secondary N) is 1. The summed E-state index contributed by atoms with van der Waals surface area (Å²) in [5.74, 6) is 6.43. The van der Waals surface area contributed by atoms with Crippen LogP contribution in [0.25, 0.3) is 0 Å². The summed E-state index contributed by atoms with van der Waals surface area (Å²) in [4.78, 5) is 0. The van der Waals surface area contributed by atoms with E-state index in [0.717, 1.165) is 12.2 Å². The lowest BCUT2D eigenvalue weighted by Crippen LogP contribution is -2.38. The number of nitrogens with two attached hydrogens (primary N) is 1. The Hall–Kier alpha value is 0.220. The number of thioether (sulfide) groups is 1. The Morgan fingerprint density at radius 2 is 2.07 bits per heavy atom. The molecule has 0 aromatic heterocycles. The molecule has 2 atom stereocenters. The van der Waals surface area contributed by atoms with Crippen LogP contribution in [0.15, 0.2) is 0 Å². The van der Waals surface area contributed by atoms with Gasteiger partial charge in [-0.1, -0.05) is 13.8 Å². The SMILES string of the molecule is CCC(C)SCC(CCS(C)(=O)=O)NN. The Kier molecular flexibility index (Phi) is 7.60. The van der Waals surface area contributed by atoms with Crippen molar-refractivity contribution < 1.29 is 8.42 Å². The molecule has 0 aliphatic rings. The van der Waals surface area contributed by atoms with Crippen molar-refractivity contribution in [1.82, 2.24) is 5.43 Å². The van der Waals surface area contributed by atoms with Crippen molar-refractivity contribution in [3.63, 3.8) is 0 Å². The molecule has 0 aromatic rings. The third-order valence-corrected chi connectivity index (χ3v) is 4.70. The fraction of sp³-hybridized carbons (Fsp3) is 1.00. The molecule has 0 saturated heterocycles. The molecule has 0 saturated carbocycles. The van der Waals surface area contributed by atoms with Crippen LogP contribution in [0.2, 0.25) is 0 Å². The second-order valence-electron chi connectivity index (χ2n) is 3.83. The van der Waals surface area contributed by atoms with Gasteiger partial charge in [-0.25, -0.2) is 8.42 Å². The van der Waals surface area contributed by atoms with Crippen molar-refractivity contribution in [2.45, 2.75) is 38.0 Å². The topological polar surface area (TPSA) is 72.2 Å². The van der Waals surface area contributed by atoms with Gasteiger partial charge in [-0.15, -0.1) is 0 Å². The largest absolute Gasteiger partial charge is 0.271 e. The lowest BCUT2D eigenvalue weighted by atomic mass is 10.3. The van der Waals surface area contributed by atoms with E-state index < -0.39 is 9.84 Å². The smallest absolute Gasteiger partial charge is 0.147 e. The van der Waals surface area contributed by atoms with Crippen molar-refractivity contribution >= 4 is 21.6 Å². The van der Waals surface area contributed by atoms with E-state index in [-0.39, 0.29) is 11.8 Å². The highest BCUT2D eigenvalue weighted by Gasteiger charge is 2.12. The molecule has 3 N–H and O–H groups in total. The lowest BCUT2D eigenvalue weighted by molar-refractivity contribution is 0.549. The van der Waals surface area contributed by atoms with E-state index in [0.29, 0.717) is 11.7 Å². The van der Waals surface area contributed by atoms with Crippen molar-refractivity contribution in [3.05, 3.63) is 0 Å². The third-order valence-electron chi connectivity index (χ3n) is 2.23. The molecule has 0 amide bonds. The predicted octanol–water partition coefficient (Wildman–Crippen LogP) is 0.785. The molecular formula is C9H22N2O2S2. The van der Waals surface area contributed by atoms with Crippen molar-refractivity contribution in [3.8, 4) is 0 Å². The average Bonchev–Trinajstić information content (AvgIpc) is 2.16. The van der Waals surface area contributed by atoms with Gasteiger partial charge in [0.15, 0.2) is 0 Å². The molecule has 0 radical (unpaired) electrons. The molecule has 0 rings (SSSR count). The molecule has 92 valence electrons. The molecule has 2 unspecified atom stereocenters. The first-order valence-electron chi connectivity index (χ1n) is 5.14. The van der Waals surface area contributed by atoms with E-state index in [1.807, 2.05) is 11.8 Å². The van der Waals surface area contributed by atoms with Gasteiger partial charge in [-0.3, -0.25) is 11.3 Å². The number of hydrogen-bond acceptors (Lipinski definition) is 5. The Balaban J connectivity index is 3.83. The Labute approximate surface area is 97.3 Å². The number of rotatable bonds is 8. The van der Waals surface area contributed by atoms with Crippen molar-refractivity contribution in [2.24, 2.45) is 5.84 Å². The predicted molar refractivity (Wildman–Crippen MR) is 67.6 cm³/mol. The van der Waals surface area contributed by atoms with Gasteiger partial charge >= 0.3 is 0 Å². The van der Waals surface area contributed by atoms with Gasteiger partial charge in [0.25, 0.3) is 0 Å². The minimum atomic E-state index is -2.88. The monoisotopic (exact) mass is 254 g/mol. The molecule has 0 aliphatic heterocycles. The second-order valence-corrected chi connectivity index (χ2v) is 7.57. The first kappa shape index (κ1) is 15.2. The van der Waals surface area contributed by atoms with E-state index in [2.05, 4.69) is 19.3 Å². The molecule has 4 nitrogen and oxygen atoms in total. The summed E-state index contributed by atoms with van der Waals surface area (Å²) in [7, 11) is -2.88. The maximum Gasteiger partial charge on any atom is 0.147 e. The van der Waals surface area contributed by atoms with Gasteiger partial charge in [0.2, 0.25) is 0 Å². The molecule has 15 heavy (non-hydrogen) atoms. The molecule has 0 heterocycles. The fourth-order valence-corrected chi connectivity index (χ4v) is 2.74. The first-order chi connectivity index (χ1) is 6.89. The van der Waals surface area contributed by atoms with Gasteiger partial charge < -0.3 is 0 Å². The maximum atomic E-state index is 11.0. The standard InChI is InChI=1S/C9H22N2O2S2/c1-4-8(2)14-7-9(11-10)5-6-15(3,12)13/h8-9,11H,4-7,10H2,1-3H3. The summed E-state index contributed by atoms with van der Waals surface area (Å²) in [6, 6.07) is 0.0822. The molecule has 0 spiro atoms. The Morgan fingerprint density at radius 1 is 1.47 bits per heavy atom. The third kappa shape index (κ3) is 9.17. The normalized spacial score (nSPS) is 16.3. The minimum absolute atomic E-state index is 0.0822. The fourth-order valence-electron chi connectivity index (χ4n) is 0.969. The molecular weight excluding hydrogens is 232 g/mol. The summed E-state index contributed by atoms with van der Waals surface area (Å²) in [5.41, 5.74) is 2.67. The summed E-state index contributed by atoms with van der Waals surface area (Å²) in [6.07, 6.45) is 2.95. The van der Waals surface area contributed by atoms with E-state index in [9.17, 15) is 8.42 Å². The Morgan fingerprint density at radius 3 is 2.47 bits per heavy atom. The molecule has 0 aromatic carbocycles. The summed E-state index contributed by atoms with van der Waals surface area (Å²) in [6.45, 7) is 4.30. The van der Waals surface area contributed by atoms with E-state index in [1.54, 1.807) is 0 Å². The molecule has 0 aliphatic carbocycles. The van der Waals surface area contributed by atoms with Gasteiger partial charge in [0.05, 0.1) is 5.75 Å². The highest BCUT2D eigenvalue weighted by atomic mass is 32.2. The van der Waals surface area contributed by atoms with Crippen molar-refractivity contribution in [1.29, 1.82) is 0 Å². The zero-order valence-electron chi connectivity index (χ0n) is 9.69. The summed E-state index contributed by atoms with van der Waals surface area (Å²) >= 11 is 1.82. The highest BCUT2D eigenvalue weighted by Crippen LogP contribution is 2.15. The van der Waals surface area contributed by atoms with Gasteiger partial charge in [-0.2, -0.15) is 11.8 Å². The zero-order chi connectivity index (χ0) is 11.9. The minimum Gasteiger partial charge on any atom is -0.271 e. The van der Waals surface area contributed by atoms with Crippen molar-refractivity contribution in [2.75, 3.05) is 17.8 Å². The molecule has 0 fully saturated rings. The number of sulfone groups is 1. The van der Waals surface area contributed by atoms with Crippen LogP contribution in [-0.2, 0) is 9.84 Å². The average molecular weight is 254 g/mol. The summed E-state index contributed by atoms with van der Waals surface area (Å²) < 4.78 is 21.9. The van der Waals surface area contributed by atoms with Crippen LogP contribution in [0.4, 0.5) is 0 Å². The van der Waals surface area contributed by atoms with Crippen LogP contribution >= 0.6 is 11.8 Å². The van der Waals surface area contributed by atoms with Gasteiger partial charge in [0.1, 0.15) is 9.84 Å². The van der Waals surface area contributed by atoms with E-state index in [4.69, 9.17) is 5.84 Å². The van der Waals surface area contributed by atoms with Crippen LogP contribution in [0.3, 0.4) is 0 Å².